The molecule has 1 unspecified atom stereocenters. The Morgan fingerprint density at radius 1 is 1.45 bits per heavy atom. The lowest BCUT2D eigenvalue weighted by Crippen LogP contribution is -2.67. The van der Waals surface area contributed by atoms with Crippen molar-refractivity contribution in [1.82, 2.24) is 10.2 Å². The molecular formula is C17H28ClN3O. The van der Waals surface area contributed by atoms with Crippen molar-refractivity contribution in [1.29, 1.82) is 0 Å². The number of amides is 1. The highest BCUT2D eigenvalue weighted by Crippen LogP contribution is 2.36. The van der Waals surface area contributed by atoms with E-state index in [9.17, 15) is 4.79 Å². The van der Waals surface area contributed by atoms with E-state index < -0.39 is 5.54 Å². The molecule has 2 heterocycles. The number of aliphatic imine (C=N–C) groups is 1. The lowest BCUT2D eigenvalue weighted by atomic mass is 9.81. The van der Waals surface area contributed by atoms with Gasteiger partial charge in [0.2, 0.25) is 5.91 Å². The van der Waals surface area contributed by atoms with Crippen molar-refractivity contribution in [3.05, 3.63) is 23.5 Å². The summed E-state index contributed by atoms with van der Waals surface area (Å²) in [4.78, 5) is 18.9. The first-order valence-electron chi connectivity index (χ1n) is 8.15. The zero-order valence-electron chi connectivity index (χ0n) is 14.2. The van der Waals surface area contributed by atoms with E-state index in [2.05, 4.69) is 35.6 Å². The van der Waals surface area contributed by atoms with Gasteiger partial charge in [0, 0.05) is 6.54 Å². The van der Waals surface area contributed by atoms with Gasteiger partial charge in [0.15, 0.2) is 5.84 Å². The first kappa shape index (κ1) is 18.8. The van der Waals surface area contributed by atoms with E-state index >= 15 is 0 Å². The predicted octanol–water partition coefficient (Wildman–Crippen LogP) is 4.18. The fourth-order valence-corrected chi connectivity index (χ4v) is 3.07. The highest BCUT2D eigenvalue weighted by Gasteiger charge is 2.49. The molecule has 2 rings (SSSR count). The first-order chi connectivity index (χ1) is 10.5. The van der Waals surface area contributed by atoms with E-state index in [1.165, 1.54) is 6.42 Å². The molecule has 0 aromatic rings. The van der Waals surface area contributed by atoms with Crippen LogP contribution in [-0.4, -0.2) is 28.7 Å². The zero-order chi connectivity index (χ0) is 16.8. The van der Waals surface area contributed by atoms with Crippen LogP contribution in [0.3, 0.4) is 0 Å². The maximum absolute atomic E-state index is 12.5. The molecule has 1 amide bonds. The van der Waals surface area contributed by atoms with Crippen molar-refractivity contribution >= 4 is 23.3 Å². The van der Waals surface area contributed by atoms with Crippen LogP contribution >= 0.6 is 11.6 Å². The molecule has 1 N–H and O–H groups in total. The third kappa shape index (κ3) is 3.72. The minimum atomic E-state index is -0.476. The number of fused-ring (bicyclic) bond motifs is 1. The number of nitrogens with zero attached hydrogens (tertiary/aromatic N) is 2. The smallest absolute Gasteiger partial charge is 0.250 e. The Labute approximate surface area is 139 Å². The summed E-state index contributed by atoms with van der Waals surface area (Å²) in [6, 6.07) is 0. The number of hydrogen-bond donors (Lipinski definition) is 1. The van der Waals surface area contributed by atoms with Crippen LogP contribution in [0.15, 0.2) is 28.5 Å². The van der Waals surface area contributed by atoms with Gasteiger partial charge in [0.25, 0.3) is 0 Å². The Morgan fingerprint density at radius 3 is 2.59 bits per heavy atom. The molecule has 2 saturated heterocycles. The van der Waals surface area contributed by atoms with E-state index in [0.29, 0.717) is 0 Å². The summed E-state index contributed by atoms with van der Waals surface area (Å²) in [5.41, 5.74) is 0.244. The molecule has 2 aliphatic rings. The number of nitrogens with one attached hydrogen (secondary N) is 1. The van der Waals surface area contributed by atoms with Crippen molar-refractivity contribution in [3.63, 3.8) is 0 Å². The molecular weight excluding hydrogens is 298 g/mol. The minimum Gasteiger partial charge on any atom is -0.340 e. The largest absolute Gasteiger partial charge is 0.340 e. The second-order valence-electron chi connectivity index (χ2n) is 5.67. The Kier molecular flexibility index (Phi) is 7.14. The number of halogens is 1. The molecule has 2 fully saturated rings. The molecule has 2 aliphatic heterocycles. The monoisotopic (exact) mass is 325 g/mol. The Hall–Kier alpha value is -1.29. The van der Waals surface area contributed by atoms with Crippen LogP contribution < -0.4 is 5.32 Å². The van der Waals surface area contributed by atoms with E-state index in [1.807, 2.05) is 19.9 Å². The maximum Gasteiger partial charge on any atom is 0.250 e. The van der Waals surface area contributed by atoms with Crippen molar-refractivity contribution in [2.45, 2.75) is 65.3 Å². The second kappa shape index (κ2) is 8.37. The number of hydrogen-bond acceptors (Lipinski definition) is 2. The summed E-state index contributed by atoms with van der Waals surface area (Å²) in [6.07, 6.45) is 6.87. The van der Waals surface area contributed by atoms with Gasteiger partial charge in [0.1, 0.15) is 10.7 Å². The number of piperazine rings is 1. The fourth-order valence-electron chi connectivity index (χ4n) is 2.99. The molecule has 0 bridgehead atoms. The Morgan fingerprint density at radius 2 is 2.09 bits per heavy atom. The van der Waals surface area contributed by atoms with Crippen LogP contribution in [0.25, 0.3) is 0 Å². The minimum absolute atomic E-state index is 0.0712. The summed E-state index contributed by atoms with van der Waals surface area (Å²) >= 11 is 5.84. The second-order valence-corrected chi connectivity index (χ2v) is 6.11. The van der Waals surface area contributed by atoms with Gasteiger partial charge in [-0.15, -0.1) is 0 Å². The van der Waals surface area contributed by atoms with Crippen LogP contribution in [0, 0.1) is 0 Å². The average molecular weight is 326 g/mol. The molecule has 1 atom stereocenters. The van der Waals surface area contributed by atoms with E-state index in [0.717, 1.165) is 43.8 Å². The number of allylic oxidation sites excluding steroid dienone is 1. The quantitative estimate of drug-likeness (QED) is 0.774. The molecule has 4 nitrogen and oxygen atoms in total. The van der Waals surface area contributed by atoms with Crippen LogP contribution in [0.4, 0.5) is 0 Å². The van der Waals surface area contributed by atoms with Crippen molar-refractivity contribution in [2.75, 3.05) is 6.54 Å². The number of carbonyl (C=O) groups is 1. The van der Waals surface area contributed by atoms with Gasteiger partial charge < -0.3 is 10.2 Å². The van der Waals surface area contributed by atoms with Crippen LogP contribution in [-0.2, 0) is 4.79 Å². The normalized spacial score (nSPS) is 27.9. The Balaban J connectivity index is 0.000000745. The van der Waals surface area contributed by atoms with Gasteiger partial charge in [-0.25, -0.2) is 4.99 Å². The molecule has 0 aromatic heterocycles. The van der Waals surface area contributed by atoms with Crippen LogP contribution in [0.2, 0.25) is 0 Å². The predicted molar refractivity (Wildman–Crippen MR) is 93.9 cm³/mol. The summed E-state index contributed by atoms with van der Waals surface area (Å²) in [5.74, 6) is 0.811. The molecule has 5 heteroatoms. The zero-order valence-corrected chi connectivity index (χ0v) is 15.0. The van der Waals surface area contributed by atoms with Crippen molar-refractivity contribution in [2.24, 2.45) is 4.99 Å². The van der Waals surface area contributed by atoms with Gasteiger partial charge in [0.05, 0.1) is 5.70 Å². The standard InChI is InChI=1S/C14H20ClN3O.C3H8/c1-4-11-12(16-10(3)15)18-9-7-6-8-14(18,5-2)13(19)17-11;1-3-2/h4H,3,5-9H2,1-2H3,(H,17,19);3H2,1-2H3/b11-4+,16-12+;. The lowest BCUT2D eigenvalue weighted by molar-refractivity contribution is -0.133. The molecule has 0 saturated carbocycles. The Bertz CT molecular complexity index is 484. The SMILES string of the molecule is C=C(Cl)/N=C1\C(=C/C)NC(=O)C2(CC)CCCCN12.CCC. The number of carbonyl (C=O) groups excluding carboxylic acids is 1. The third-order valence-electron chi connectivity index (χ3n) is 4.01. The fraction of sp³-hybridized carbons (Fsp3) is 0.647. The van der Waals surface area contributed by atoms with E-state index in [-0.39, 0.29) is 11.1 Å². The summed E-state index contributed by atoms with van der Waals surface area (Å²) in [6.45, 7) is 12.6. The van der Waals surface area contributed by atoms with Crippen LogP contribution in [0.1, 0.15) is 59.8 Å². The molecule has 124 valence electrons. The highest BCUT2D eigenvalue weighted by molar-refractivity contribution is 6.30. The molecule has 0 aromatic carbocycles. The summed E-state index contributed by atoms with van der Waals surface area (Å²) in [5, 5.41) is 3.20. The third-order valence-corrected chi connectivity index (χ3v) is 4.09. The van der Waals surface area contributed by atoms with Gasteiger partial charge in [-0.1, -0.05) is 51.4 Å². The molecule has 22 heavy (non-hydrogen) atoms. The van der Waals surface area contributed by atoms with E-state index in [1.54, 1.807) is 0 Å². The molecule has 0 radical (unpaired) electrons. The topological polar surface area (TPSA) is 44.7 Å². The van der Waals surface area contributed by atoms with Crippen molar-refractivity contribution in [3.8, 4) is 0 Å². The average Bonchev–Trinajstić information content (AvgIpc) is 2.50. The highest BCUT2D eigenvalue weighted by atomic mass is 35.5. The number of amidine groups is 1. The first-order valence-corrected chi connectivity index (χ1v) is 8.53. The van der Waals surface area contributed by atoms with Gasteiger partial charge in [-0.2, -0.15) is 0 Å². The molecule has 0 spiro atoms. The van der Waals surface area contributed by atoms with Gasteiger partial charge >= 0.3 is 0 Å². The number of rotatable bonds is 2. The molecule has 0 aliphatic carbocycles. The lowest BCUT2D eigenvalue weighted by Gasteiger charge is -2.50. The van der Waals surface area contributed by atoms with Gasteiger partial charge in [-0.3, -0.25) is 4.79 Å². The summed E-state index contributed by atoms with van der Waals surface area (Å²) in [7, 11) is 0. The van der Waals surface area contributed by atoms with Gasteiger partial charge in [-0.05, 0) is 32.6 Å². The van der Waals surface area contributed by atoms with E-state index in [4.69, 9.17) is 11.6 Å². The maximum atomic E-state index is 12.5. The summed E-state index contributed by atoms with van der Waals surface area (Å²) < 4.78 is 0. The van der Waals surface area contributed by atoms with Crippen LogP contribution in [0.5, 0.6) is 0 Å². The number of piperidine rings is 1. The van der Waals surface area contributed by atoms with Crippen molar-refractivity contribution < 1.29 is 4.79 Å².